The Morgan fingerprint density at radius 3 is 2.94 bits per heavy atom. The number of aromatic amines is 1. The molecule has 0 saturated carbocycles. The third-order valence-corrected chi connectivity index (χ3v) is 2.81. The zero-order chi connectivity index (χ0) is 11.5. The number of hydrogen-bond donors (Lipinski definition) is 1. The van der Waals surface area contributed by atoms with Gasteiger partial charge in [0.15, 0.2) is 0 Å². The molecule has 0 unspecified atom stereocenters. The standard InChI is InChI=1S/C12H13ClN2O/c1-2-15(12(16)8-13)10-3-4-11-9(7-10)5-6-14-11/h3-7,14H,2,8H2,1H3. The molecule has 0 saturated heterocycles. The highest BCUT2D eigenvalue weighted by Crippen LogP contribution is 2.21. The van der Waals surface area contributed by atoms with Gasteiger partial charge in [-0.1, -0.05) is 0 Å². The Morgan fingerprint density at radius 2 is 2.25 bits per heavy atom. The topological polar surface area (TPSA) is 36.1 Å². The largest absolute Gasteiger partial charge is 0.361 e. The first-order valence-corrected chi connectivity index (χ1v) is 5.73. The van der Waals surface area contributed by atoms with Crippen LogP contribution in [0.15, 0.2) is 30.5 Å². The zero-order valence-corrected chi connectivity index (χ0v) is 9.79. The number of aromatic nitrogens is 1. The number of hydrogen-bond acceptors (Lipinski definition) is 1. The first kappa shape index (κ1) is 11.0. The average molecular weight is 237 g/mol. The van der Waals surface area contributed by atoms with E-state index in [0.717, 1.165) is 16.6 Å². The number of amides is 1. The monoisotopic (exact) mass is 236 g/mol. The Kier molecular flexibility index (Phi) is 3.15. The lowest BCUT2D eigenvalue weighted by Gasteiger charge is -2.19. The van der Waals surface area contributed by atoms with Gasteiger partial charge in [-0.3, -0.25) is 4.79 Å². The van der Waals surface area contributed by atoms with E-state index >= 15 is 0 Å². The second-order valence-electron chi connectivity index (χ2n) is 3.52. The number of anilines is 1. The van der Waals surface area contributed by atoms with Crippen molar-refractivity contribution < 1.29 is 4.79 Å². The van der Waals surface area contributed by atoms with Gasteiger partial charge in [0, 0.05) is 29.3 Å². The number of nitrogens with zero attached hydrogens (tertiary/aromatic N) is 1. The molecule has 0 aliphatic heterocycles. The van der Waals surface area contributed by atoms with Crippen molar-refractivity contribution in [3.05, 3.63) is 30.5 Å². The lowest BCUT2D eigenvalue weighted by molar-refractivity contribution is -0.116. The van der Waals surface area contributed by atoms with Gasteiger partial charge in [0.2, 0.25) is 5.91 Å². The quantitative estimate of drug-likeness (QED) is 0.818. The van der Waals surface area contributed by atoms with E-state index in [1.54, 1.807) is 4.90 Å². The van der Waals surface area contributed by atoms with Crippen LogP contribution in [0.2, 0.25) is 0 Å². The molecule has 4 heteroatoms. The van der Waals surface area contributed by atoms with Gasteiger partial charge >= 0.3 is 0 Å². The fraction of sp³-hybridized carbons (Fsp3) is 0.250. The van der Waals surface area contributed by atoms with Crippen LogP contribution in [-0.2, 0) is 4.79 Å². The van der Waals surface area contributed by atoms with Crippen molar-refractivity contribution in [2.45, 2.75) is 6.92 Å². The maximum Gasteiger partial charge on any atom is 0.241 e. The number of H-pyrrole nitrogens is 1. The molecule has 1 amide bonds. The zero-order valence-electron chi connectivity index (χ0n) is 9.03. The fourth-order valence-corrected chi connectivity index (χ4v) is 1.93. The Bertz CT molecular complexity index is 506. The van der Waals surface area contributed by atoms with Gasteiger partial charge in [0.05, 0.1) is 0 Å². The lowest BCUT2D eigenvalue weighted by Crippen LogP contribution is -2.31. The van der Waals surface area contributed by atoms with Gasteiger partial charge in [-0.05, 0) is 31.2 Å². The fourth-order valence-electron chi connectivity index (χ4n) is 1.78. The molecule has 1 N–H and O–H groups in total. The molecule has 0 aliphatic carbocycles. The normalized spacial score (nSPS) is 10.6. The lowest BCUT2D eigenvalue weighted by atomic mass is 10.2. The summed E-state index contributed by atoms with van der Waals surface area (Å²) in [7, 11) is 0. The molecule has 1 aromatic heterocycles. The van der Waals surface area contributed by atoms with Crippen LogP contribution in [0.3, 0.4) is 0 Å². The smallest absolute Gasteiger partial charge is 0.241 e. The van der Waals surface area contributed by atoms with E-state index < -0.39 is 0 Å². The van der Waals surface area contributed by atoms with E-state index in [0.29, 0.717) is 6.54 Å². The minimum atomic E-state index is -0.0703. The Labute approximate surface area is 99.0 Å². The summed E-state index contributed by atoms with van der Waals surface area (Å²) in [5.74, 6) is -0.0574. The van der Waals surface area contributed by atoms with E-state index in [1.807, 2.05) is 37.4 Å². The average Bonchev–Trinajstić information content (AvgIpc) is 2.77. The molecule has 84 valence electrons. The SMILES string of the molecule is CCN(C(=O)CCl)c1ccc2[nH]ccc2c1. The van der Waals surface area contributed by atoms with Crippen molar-refractivity contribution >= 4 is 34.1 Å². The highest BCUT2D eigenvalue weighted by Gasteiger charge is 2.12. The maximum atomic E-state index is 11.6. The first-order chi connectivity index (χ1) is 7.76. The second kappa shape index (κ2) is 4.58. The minimum Gasteiger partial charge on any atom is -0.361 e. The van der Waals surface area contributed by atoms with Crippen LogP contribution >= 0.6 is 11.6 Å². The van der Waals surface area contributed by atoms with Crippen molar-refractivity contribution in [3.63, 3.8) is 0 Å². The molecule has 1 aromatic carbocycles. The molecule has 1 heterocycles. The molecule has 0 fully saturated rings. The predicted octanol–water partition coefficient (Wildman–Crippen LogP) is 2.76. The van der Waals surface area contributed by atoms with E-state index in [9.17, 15) is 4.79 Å². The van der Waals surface area contributed by atoms with Crippen LogP contribution in [0.25, 0.3) is 10.9 Å². The summed E-state index contributed by atoms with van der Waals surface area (Å²) < 4.78 is 0. The summed E-state index contributed by atoms with van der Waals surface area (Å²) in [6.45, 7) is 2.56. The van der Waals surface area contributed by atoms with E-state index in [-0.39, 0.29) is 11.8 Å². The van der Waals surface area contributed by atoms with Crippen molar-refractivity contribution in [2.75, 3.05) is 17.3 Å². The van der Waals surface area contributed by atoms with Crippen molar-refractivity contribution in [2.24, 2.45) is 0 Å². The first-order valence-electron chi connectivity index (χ1n) is 5.19. The van der Waals surface area contributed by atoms with E-state index in [4.69, 9.17) is 11.6 Å². The summed E-state index contributed by atoms with van der Waals surface area (Å²) in [4.78, 5) is 16.4. The summed E-state index contributed by atoms with van der Waals surface area (Å²) >= 11 is 5.58. The third-order valence-electron chi connectivity index (χ3n) is 2.58. The predicted molar refractivity (Wildman–Crippen MR) is 67.0 cm³/mol. The van der Waals surface area contributed by atoms with Gasteiger partial charge in [0.1, 0.15) is 5.88 Å². The number of fused-ring (bicyclic) bond motifs is 1. The summed E-state index contributed by atoms with van der Waals surface area (Å²) in [6.07, 6.45) is 1.88. The summed E-state index contributed by atoms with van der Waals surface area (Å²) in [6, 6.07) is 7.86. The number of carbonyl (C=O) groups is 1. The van der Waals surface area contributed by atoms with Crippen molar-refractivity contribution in [1.82, 2.24) is 4.98 Å². The van der Waals surface area contributed by atoms with E-state index in [1.165, 1.54) is 0 Å². The molecule has 0 aliphatic rings. The molecule has 2 aromatic rings. The van der Waals surface area contributed by atoms with Crippen LogP contribution in [0, 0.1) is 0 Å². The molecular formula is C12H13ClN2O. The Balaban J connectivity index is 2.40. The molecule has 0 radical (unpaired) electrons. The molecule has 0 bridgehead atoms. The number of rotatable bonds is 3. The molecule has 0 spiro atoms. The van der Waals surface area contributed by atoms with Crippen LogP contribution in [0.4, 0.5) is 5.69 Å². The maximum absolute atomic E-state index is 11.6. The molecule has 3 nitrogen and oxygen atoms in total. The van der Waals surface area contributed by atoms with Gasteiger partial charge in [0.25, 0.3) is 0 Å². The number of nitrogens with one attached hydrogen (secondary N) is 1. The van der Waals surface area contributed by atoms with Crippen molar-refractivity contribution in [3.8, 4) is 0 Å². The van der Waals surface area contributed by atoms with E-state index in [2.05, 4.69) is 4.98 Å². The summed E-state index contributed by atoms with van der Waals surface area (Å²) in [5.41, 5.74) is 1.96. The Hall–Kier alpha value is -1.48. The van der Waals surface area contributed by atoms with Crippen LogP contribution < -0.4 is 4.90 Å². The number of halogens is 1. The van der Waals surface area contributed by atoms with Gasteiger partial charge < -0.3 is 9.88 Å². The summed E-state index contributed by atoms with van der Waals surface area (Å²) in [5, 5.41) is 1.10. The van der Waals surface area contributed by atoms with Gasteiger partial charge in [-0.15, -0.1) is 11.6 Å². The number of benzene rings is 1. The van der Waals surface area contributed by atoms with Crippen LogP contribution in [-0.4, -0.2) is 23.3 Å². The molecule has 2 rings (SSSR count). The Morgan fingerprint density at radius 1 is 1.44 bits per heavy atom. The van der Waals surface area contributed by atoms with Gasteiger partial charge in [-0.2, -0.15) is 0 Å². The number of alkyl halides is 1. The van der Waals surface area contributed by atoms with Crippen LogP contribution in [0.5, 0.6) is 0 Å². The van der Waals surface area contributed by atoms with Crippen molar-refractivity contribution in [1.29, 1.82) is 0 Å². The minimum absolute atomic E-state index is 0.0129. The molecule has 16 heavy (non-hydrogen) atoms. The highest BCUT2D eigenvalue weighted by atomic mass is 35.5. The van der Waals surface area contributed by atoms with Gasteiger partial charge in [-0.25, -0.2) is 0 Å². The molecule has 0 atom stereocenters. The highest BCUT2D eigenvalue weighted by molar-refractivity contribution is 6.29. The number of carbonyl (C=O) groups excluding carboxylic acids is 1. The van der Waals surface area contributed by atoms with Crippen LogP contribution in [0.1, 0.15) is 6.92 Å². The second-order valence-corrected chi connectivity index (χ2v) is 3.79. The third kappa shape index (κ3) is 1.91. The molecular weight excluding hydrogens is 224 g/mol.